The number of hydrogen-bond acceptors (Lipinski definition) is 0. The zero-order valence-electron chi connectivity index (χ0n) is 6.43. The van der Waals surface area contributed by atoms with Crippen molar-refractivity contribution in [1.29, 1.82) is 0 Å². The van der Waals surface area contributed by atoms with Crippen LogP contribution in [0.5, 0.6) is 0 Å². The van der Waals surface area contributed by atoms with Crippen molar-refractivity contribution in [2.24, 2.45) is 11.8 Å². The quantitative estimate of drug-likeness (QED) is 0.496. The molecule has 0 spiro atoms. The van der Waals surface area contributed by atoms with Gasteiger partial charge in [0.15, 0.2) is 0 Å². The van der Waals surface area contributed by atoms with Crippen LogP contribution in [-0.2, 0) is 0 Å². The van der Waals surface area contributed by atoms with Gasteiger partial charge in [-0.15, -0.1) is 0 Å². The molecule has 0 aromatic rings. The van der Waals surface area contributed by atoms with E-state index in [4.69, 9.17) is 0 Å². The van der Waals surface area contributed by atoms with Crippen LogP contribution in [0.3, 0.4) is 0 Å². The van der Waals surface area contributed by atoms with Crippen LogP contribution in [0.25, 0.3) is 0 Å². The summed E-state index contributed by atoms with van der Waals surface area (Å²) in [6, 6.07) is 0. The predicted molar refractivity (Wildman–Crippen MR) is 41.3 cm³/mol. The molecule has 0 aromatic heterocycles. The van der Waals surface area contributed by atoms with E-state index in [1.165, 1.54) is 19.3 Å². The van der Waals surface area contributed by atoms with Gasteiger partial charge in [0, 0.05) is 0 Å². The minimum atomic E-state index is 0.741. The molecule has 1 fully saturated rings. The fourth-order valence-corrected chi connectivity index (χ4v) is 1.01. The molecular weight excluding hydrogens is 108 g/mol. The van der Waals surface area contributed by atoms with Crippen LogP contribution in [0, 0.1) is 11.8 Å². The van der Waals surface area contributed by atoms with E-state index in [2.05, 4.69) is 26.0 Å². The van der Waals surface area contributed by atoms with Crippen LogP contribution in [0.4, 0.5) is 0 Å². The molecule has 0 aromatic carbocycles. The lowest BCUT2D eigenvalue weighted by Gasteiger charge is -2.21. The van der Waals surface area contributed by atoms with Crippen LogP contribution in [0.1, 0.15) is 33.1 Å². The molecule has 0 nitrogen and oxygen atoms in total. The molecule has 9 heavy (non-hydrogen) atoms. The van der Waals surface area contributed by atoms with Crippen molar-refractivity contribution < 1.29 is 0 Å². The molecule has 1 rings (SSSR count). The molecule has 0 heterocycles. The van der Waals surface area contributed by atoms with Crippen LogP contribution < -0.4 is 0 Å². The predicted octanol–water partition coefficient (Wildman–Crippen LogP) is 3.00. The highest BCUT2D eigenvalue weighted by Crippen LogP contribution is 2.27. The first-order valence-corrected chi connectivity index (χ1v) is 3.97. The summed E-state index contributed by atoms with van der Waals surface area (Å²) in [5, 5.41) is 0. The number of hydrogen-bond donors (Lipinski definition) is 0. The van der Waals surface area contributed by atoms with Gasteiger partial charge >= 0.3 is 0 Å². The van der Waals surface area contributed by atoms with Crippen molar-refractivity contribution in [2.45, 2.75) is 33.1 Å². The van der Waals surface area contributed by atoms with Gasteiger partial charge in [-0.05, 0) is 24.7 Å². The van der Waals surface area contributed by atoms with Crippen molar-refractivity contribution in [1.82, 2.24) is 0 Å². The lowest BCUT2D eigenvalue weighted by molar-refractivity contribution is 0.386. The van der Waals surface area contributed by atoms with E-state index in [1.807, 2.05) is 0 Å². The maximum absolute atomic E-state index is 2.38. The lowest BCUT2D eigenvalue weighted by Crippen LogP contribution is -2.07. The van der Waals surface area contributed by atoms with Crippen molar-refractivity contribution in [3.8, 4) is 0 Å². The summed E-state index contributed by atoms with van der Waals surface area (Å²) < 4.78 is 0. The Morgan fingerprint density at radius 2 is 2.00 bits per heavy atom. The summed E-state index contributed by atoms with van der Waals surface area (Å²) in [6.07, 6.45) is 9.03. The van der Waals surface area contributed by atoms with Crippen molar-refractivity contribution in [2.75, 3.05) is 0 Å². The Hall–Kier alpha value is -0.260. The number of allylic oxidation sites excluding steroid dienone is 2. The Kier molecular flexibility index (Phi) is 2.32. The van der Waals surface area contributed by atoms with Crippen LogP contribution >= 0.6 is 0 Å². The highest BCUT2D eigenvalue weighted by Gasteiger charge is 2.12. The molecule has 0 bridgehead atoms. The van der Waals surface area contributed by atoms with Crippen molar-refractivity contribution >= 4 is 0 Å². The van der Waals surface area contributed by atoms with Crippen LogP contribution in [0.2, 0.25) is 0 Å². The van der Waals surface area contributed by atoms with Crippen LogP contribution in [0.15, 0.2) is 12.2 Å². The third kappa shape index (κ3) is 2.21. The van der Waals surface area contributed by atoms with Gasteiger partial charge in [-0.3, -0.25) is 0 Å². The van der Waals surface area contributed by atoms with Crippen molar-refractivity contribution in [3.63, 3.8) is 0 Å². The third-order valence-electron chi connectivity index (χ3n) is 1.92. The molecular formula is C9H16. The zero-order valence-corrected chi connectivity index (χ0v) is 6.43. The highest BCUT2D eigenvalue weighted by molar-refractivity contribution is 4.93. The highest BCUT2D eigenvalue weighted by atomic mass is 14.2. The van der Waals surface area contributed by atoms with Gasteiger partial charge in [-0.25, -0.2) is 0 Å². The average molecular weight is 124 g/mol. The van der Waals surface area contributed by atoms with Gasteiger partial charge in [-0.2, -0.15) is 0 Å². The first kappa shape index (κ1) is 6.85. The van der Waals surface area contributed by atoms with E-state index in [9.17, 15) is 0 Å². The first-order valence-electron chi connectivity index (χ1n) is 3.97. The largest absolute Gasteiger partial charge is 0.0857 e. The Labute approximate surface area is 58.0 Å². The fourth-order valence-electron chi connectivity index (χ4n) is 1.01. The second-order valence-corrected chi connectivity index (χ2v) is 3.32. The second-order valence-electron chi connectivity index (χ2n) is 3.32. The van der Waals surface area contributed by atoms with E-state index in [0.29, 0.717) is 0 Å². The fraction of sp³-hybridized carbons (Fsp3) is 0.778. The standard InChI is InChI=1S/C9H16/c1-8(2)6-7-9-4-3-5-9/h6-9H,3-5H2,1-2H3/b7-6-. The maximum Gasteiger partial charge on any atom is -0.0233 e. The van der Waals surface area contributed by atoms with Gasteiger partial charge in [0.05, 0.1) is 0 Å². The average Bonchev–Trinajstić information content (AvgIpc) is 1.60. The van der Waals surface area contributed by atoms with E-state index in [-0.39, 0.29) is 0 Å². The molecule has 0 heteroatoms. The summed E-state index contributed by atoms with van der Waals surface area (Å²) in [6.45, 7) is 4.46. The summed E-state index contributed by atoms with van der Waals surface area (Å²) in [4.78, 5) is 0. The minimum absolute atomic E-state index is 0.741. The zero-order chi connectivity index (χ0) is 6.69. The van der Waals surface area contributed by atoms with E-state index >= 15 is 0 Å². The molecule has 1 aliphatic rings. The SMILES string of the molecule is CC(C)/C=C\C1CCC1. The minimum Gasteiger partial charge on any atom is -0.0857 e. The Balaban J connectivity index is 2.14. The summed E-state index contributed by atoms with van der Waals surface area (Å²) in [5.41, 5.74) is 0. The topological polar surface area (TPSA) is 0 Å². The molecule has 0 N–H and O–H groups in total. The Bertz CT molecular complexity index is 96.6. The molecule has 0 saturated heterocycles. The second kappa shape index (κ2) is 3.05. The summed E-state index contributed by atoms with van der Waals surface area (Å²) in [5.74, 6) is 1.68. The molecule has 0 unspecified atom stereocenters. The molecule has 0 atom stereocenters. The Morgan fingerprint density at radius 1 is 1.33 bits per heavy atom. The molecule has 52 valence electrons. The lowest BCUT2D eigenvalue weighted by atomic mass is 9.85. The van der Waals surface area contributed by atoms with Gasteiger partial charge in [0.25, 0.3) is 0 Å². The maximum atomic E-state index is 2.38. The molecule has 1 saturated carbocycles. The van der Waals surface area contributed by atoms with E-state index < -0.39 is 0 Å². The first-order chi connectivity index (χ1) is 4.29. The van der Waals surface area contributed by atoms with Gasteiger partial charge in [0.2, 0.25) is 0 Å². The third-order valence-corrected chi connectivity index (χ3v) is 1.92. The van der Waals surface area contributed by atoms with Gasteiger partial charge < -0.3 is 0 Å². The van der Waals surface area contributed by atoms with Crippen LogP contribution in [-0.4, -0.2) is 0 Å². The van der Waals surface area contributed by atoms with Gasteiger partial charge in [0.1, 0.15) is 0 Å². The molecule has 0 radical (unpaired) electrons. The molecule has 1 aliphatic carbocycles. The smallest absolute Gasteiger partial charge is 0.0233 e. The molecule has 0 amide bonds. The normalized spacial score (nSPS) is 21.2. The summed E-state index contributed by atoms with van der Waals surface area (Å²) >= 11 is 0. The van der Waals surface area contributed by atoms with E-state index in [1.54, 1.807) is 0 Å². The summed E-state index contributed by atoms with van der Waals surface area (Å²) in [7, 11) is 0. The monoisotopic (exact) mass is 124 g/mol. The van der Waals surface area contributed by atoms with E-state index in [0.717, 1.165) is 11.8 Å². The number of rotatable bonds is 2. The molecule has 0 aliphatic heterocycles. The van der Waals surface area contributed by atoms with Crippen molar-refractivity contribution in [3.05, 3.63) is 12.2 Å². The Morgan fingerprint density at radius 3 is 2.33 bits per heavy atom. The van der Waals surface area contributed by atoms with Gasteiger partial charge in [-0.1, -0.05) is 32.4 Å².